The number of nitrogens with one attached hydrogen (secondary N) is 1. The molecule has 188 valence electrons. The van der Waals surface area contributed by atoms with Crippen LogP contribution in [-0.2, 0) is 4.74 Å². The van der Waals surface area contributed by atoms with Crippen LogP contribution in [0.5, 0.6) is 5.75 Å². The van der Waals surface area contributed by atoms with Crippen molar-refractivity contribution in [2.75, 3.05) is 31.2 Å². The number of ether oxygens (including phenoxy) is 2. The van der Waals surface area contributed by atoms with Crippen LogP contribution < -0.4 is 15.0 Å². The molecule has 0 bridgehead atoms. The van der Waals surface area contributed by atoms with Gasteiger partial charge in [-0.2, -0.15) is 4.98 Å². The number of hydrogen-bond donors (Lipinski definition) is 1. The Balaban J connectivity index is 1.49. The molecule has 9 heteroatoms. The van der Waals surface area contributed by atoms with E-state index in [0.29, 0.717) is 46.3 Å². The zero-order valence-corrected chi connectivity index (χ0v) is 20.9. The number of hydrogen-bond acceptors (Lipinski definition) is 8. The van der Waals surface area contributed by atoms with Crippen molar-refractivity contribution in [2.45, 2.75) is 71.6 Å². The minimum Gasteiger partial charge on any atom is -0.491 e. The number of piperidine rings is 1. The molecule has 35 heavy (non-hydrogen) atoms. The summed E-state index contributed by atoms with van der Waals surface area (Å²) in [6.07, 6.45) is 4.16. The molecular weight excluding hydrogens is 449 g/mol. The van der Waals surface area contributed by atoms with Crippen molar-refractivity contribution in [1.29, 1.82) is 0 Å². The SMILES string of the molecule is Cc1noc(-c2c(N3CCC(N[C@@H]4CCCOC4)CC3)nc3c(F)cc(OC(C)C)cc3c2C)n1. The molecule has 0 saturated carbocycles. The Morgan fingerprint density at radius 2 is 1.91 bits per heavy atom. The van der Waals surface area contributed by atoms with E-state index in [-0.39, 0.29) is 6.10 Å². The highest BCUT2D eigenvalue weighted by atomic mass is 19.1. The first-order valence-electron chi connectivity index (χ1n) is 12.6. The Morgan fingerprint density at radius 1 is 1.11 bits per heavy atom. The topological polar surface area (TPSA) is 85.5 Å². The number of anilines is 1. The predicted molar refractivity (Wildman–Crippen MR) is 132 cm³/mol. The van der Waals surface area contributed by atoms with Gasteiger partial charge in [-0.15, -0.1) is 0 Å². The minimum atomic E-state index is -0.399. The van der Waals surface area contributed by atoms with Crippen LogP contribution in [0.3, 0.4) is 0 Å². The number of pyridine rings is 1. The smallest absolute Gasteiger partial charge is 0.261 e. The van der Waals surface area contributed by atoms with Gasteiger partial charge in [-0.3, -0.25) is 0 Å². The Kier molecular flexibility index (Phi) is 6.88. The lowest BCUT2D eigenvalue weighted by Gasteiger charge is -2.36. The summed E-state index contributed by atoms with van der Waals surface area (Å²) < 4.78 is 32.2. The average Bonchev–Trinajstić information content (AvgIpc) is 3.26. The van der Waals surface area contributed by atoms with Gasteiger partial charge < -0.3 is 24.2 Å². The number of fused-ring (bicyclic) bond motifs is 1. The van der Waals surface area contributed by atoms with Crippen molar-refractivity contribution in [2.24, 2.45) is 0 Å². The maximum atomic E-state index is 15.3. The zero-order valence-electron chi connectivity index (χ0n) is 20.9. The molecule has 0 amide bonds. The second-order valence-electron chi connectivity index (χ2n) is 9.89. The third kappa shape index (κ3) is 5.11. The van der Waals surface area contributed by atoms with Gasteiger partial charge in [0.05, 0.1) is 18.3 Å². The normalized spacial score (nSPS) is 19.6. The van der Waals surface area contributed by atoms with Crippen molar-refractivity contribution >= 4 is 16.7 Å². The number of halogens is 1. The van der Waals surface area contributed by atoms with Crippen LogP contribution in [0.1, 0.15) is 50.9 Å². The molecule has 5 rings (SSSR count). The molecular formula is C26H34FN5O3. The summed E-state index contributed by atoms with van der Waals surface area (Å²) >= 11 is 0. The third-order valence-corrected chi connectivity index (χ3v) is 6.80. The van der Waals surface area contributed by atoms with E-state index in [9.17, 15) is 0 Å². The van der Waals surface area contributed by atoms with Gasteiger partial charge in [0.2, 0.25) is 0 Å². The van der Waals surface area contributed by atoms with E-state index in [1.807, 2.05) is 26.8 Å². The van der Waals surface area contributed by atoms with Gasteiger partial charge in [-0.25, -0.2) is 9.37 Å². The summed E-state index contributed by atoms with van der Waals surface area (Å²) in [5.74, 6) is 1.72. The summed E-state index contributed by atoms with van der Waals surface area (Å²) in [6, 6.07) is 4.12. The lowest BCUT2D eigenvalue weighted by atomic mass is 9.99. The maximum Gasteiger partial charge on any atom is 0.261 e. The van der Waals surface area contributed by atoms with Crippen molar-refractivity contribution in [3.05, 3.63) is 29.3 Å². The lowest BCUT2D eigenvalue weighted by molar-refractivity contribution is 0.0650. The highest BCUT2D eigenvalue weighted by Crippen LogP contribution is 2.39. The number of nitrogens with zero attached hydrogens (tertiary/aromatic N) is 4. The van der Waals surface area contributed by atoms with E-state index in [2.05, 4.69) is 20.4 Å². The molecule has 0 unspecified atom stereocenters. The minimum absolute atomic E-state index is 0.0625. The summed E-state index contributed by atoms with van der Waals surface area (Å²) in [4.78, 5) is 11.5. The monoisotopic (exact) mass is 483 g/mol. The van der Waals surface area contributed by atoms with Gasteiger partial charge in [0, 0.05) is 43.2 Å². The van der Waals surface area contributed by atoms with E-state index in [0.717, 1.165) is 63.1 Å². The molecule has 3 aromatic rings. The molecule has 1 aromatic carbocycles. The van der Waals surface area contributed by atoms with Crippen LogP contribution in [0, 0.1) is 19.7 Å². The van der Waals surface area contributed by atoms with Crippen molar-refractivity contribution in [1.82, 2.24) is 20.4 Å². The fourth-order valence-electron chi connectivity index (χ4n) is 5.13. The number of rotatable bonds is 6. The van der Waals surface area contributed by atoms with E-state index in [4.69, 9.17) is 19.0 Å². The van der Waals surface area contributed by atoms with Gasteiger partial charge in [0.15, 0.2) is 11.6 Å². The first-order chi connectivity index (χ1) is 16.9. The van der Waals surface area contributed by atoms with Gasteiger partial charge in [0.1, 0.15) is 17.1 Å². The molecule has 2 aliphatic heterocycles. The van der Waals surface area contributed by atoms with Crippen LogP contribution in [-0.4, -0.2) is 59.6 Å². The molecule has 2 saturated heterocycles. The fraction of sp³-hybridized carbons (Fsp3) is 0.577. The fourth-order valence-corrected chi connectivity index (χ4v) is 5.13. The van der Waals surface area contributed by atoms with Gasteiger partial charge in [-0.1, -0.05) is 5.16 Å². The first kappa shape index (κ1) is 23.9. The summed E-state index contributed by atoms with van der Waals surface area (Å²) in [7, 11) is 0. The first-order valence-corrected chi connectivity index (χ1v) is 12.6. The van der Waals surface area contributed by atoms with E-state index in [1.165, 1.54) is 6.07 Å². The maximum absolute atomic E-state index is 15.3. The Bertz CT molecular complexity index is 1180. The Hall–Kier alpha value is -2.78. The van der Waals surface area contributed by atoms with Gasteiger partial charge in [-0.05, 0) is 65.0 Å². The second-order valence-corrected chi connectivity index (χ2v) is 9.89. The largest absolute Gasteiger partial charge is 0.491 e. The quantitative estimate of drug-likeness (QED) is 0.546. The Morgan fingerprint density at radius 3 is 2.57 bits per heavy atom. The number of aromatic nitrogens is 3. The van der Waals surface area contributed by atoms with E-state index in [1.54, 1.807) is 6.92 Å². The van der Waals surface area contributed by atoms with E-state index >= 15 is 4.39 Å². The molecule has 2 aromatic heterocycles. The molecule has 0 radical (unpaired) electrons. The van der Waals surface area contributed by atoms with Crippen LogP contribution in [0.2, 0.25) is 0 Å². The number of benzene rings is 1. The van der Waals surface area contributed by atoms with Crippen LogP contribution in [0.15, 0.2) is 16.7 Å². The van der Waals surface area contributed by atoms with Crippen LogP contribution in [0.25, 0.3) is 22.4 Å². The molecule has 4 heterocycles. The van der Waals surface area contributed by atoms with Crippen LogP contribution in [0.4, 0.5) is 10.2 Å². The molecule has 0 aliphatic carbocycles. The van der Waals surface area contributed by atoms with Crippen LogP contribution >= 0.6 is 0 Å². The molecule has 0 spiro atoms. The highest BCUT2D eigenvalue weighted by Gasteiger charge is 2.29. The Labute approximate surface area is 205 Å². The molecule has 1 N–H and O–H groups in total. The molecule has 8 nitrogen and oxygen atoms in total. The third-order valence-electron chi connectivity index (χ3n) is 6.80. The lowest BCUT2D eigenvalue weighted by Crippen LogP contribution is -2.48. The molecule has 2 aliphatic rings. The predicted octanol–water partition coefficient (Wildman–Crippen LogP) is 4.57. The summed E-state index contributed by atoms with van der Waals surface area (Å²) in [5, 5.41) is 8.45. The number of aryl methyl sites for hydroxylation is 2. The van der Waals surface area contributed by atoms with Crippen molar-refractivity contribution in [3.8, 4) is 17.2 Å². The van der Waals surface area contributed by atoms with E-state index < -0.39 is 5.82 Å². The van der Waals surface area contributed by atoms with Gasteiger partial charge >= 0.3 is 0 Å². The summed E-state index contributed by atoms with van der Waals surface area (Å²) in [6.45, 7) is 10.8. The zero-order chi connectivity index (χ0) is 24.5. The highest BCUT2D eigenvalue weighted by molar-refractivity contribution is 5.93. The van der Waals surface area contributed by atoms with Crippen molar-refractivity contribution in [3.63, 3.8) is 0 Å². The summed E-state index contributed by atoms with van der Waals surface area (Å²) in [5.41, 5.74) is 1.93. The molecule has 1 atom stereocenters. The standard InChI is InChI=1S/C26H34FN5O3/c1-15(2)34-20-12-21-16(3)23(26-28-17(4)31-35-26)25(30-24(21)22(27)13-20)32-9-7-18(8-10-32)29-19-6-5-11-33-14-19/h12-13,15,18-19,29H,5-11,14H2,1-4H3/t19-/m1/s1. The van der Waals surface area contributed by atoms with Gasteiger partial charge in [0.25, 0.3) is 5.89 Å². The average molecular weight is 484 g/mol. The second kappa shape index (κ2) is 10.1. The van der Waals surface area contributed by atoms with Crippen molar-refractivity contribution < 1.29 is 18.4 Å². The molecule has 2 fully saturated rings.